The Morgan fingerprint density at radius 1 is 1.27 bits per heavy atom. The third-order valence-electron chi connectivity index (χ3n) is 3.80. The Balaban J connectivity index is 2.62. The van der Waals surface area contributed by atoms with Gasteiger partial charge in [-0.1, -0.05) is 19.3 Å². The molecule has 2 N–H and O–H groups in total. The Kier molecular flexibility index (Phi) is 5.03. The lowest BCUT2D eigenvalue weighted by molar-refractivity contribution is 0.0249. The van der Waals surface area contributed by atoms with Crippen LogP contribution in [0.5, 0.6) is 0 Å². The van der Waals surface area contributed by atoms with Crippen molar-refractivity contribution in [1.82, 2.24) is 4.90 Å². The molecule has 90 valence electrons. The van der Waals surface area contributed by atoms with Gasteiger partial charge in [0.2, 0.25) is 0 Å². The van der Waals surface area contributed by atoms with Crippen LogP contribution in [0.4, 0.5) is 0 Å². The number of nitrogens with two attached hydrogens (primary N) is 1. The highest BCUT2D eigenvalue weighted by Gasteiger charge is 2.39. The minimum absolute atomic E-state index is 0.146. The van der Waals surface area contributed by atoms with E-state index in [2.05, 4.69) is 19.0 Å². The van der Waals surface area contributed by atoms with Gasteiger partial charge in [-0.3, -0.25) is 0 Å². The second-order valence-corrected chi connectivity index (χ2v) is 4.82. The van der Waals surface area contributed by atoms with E-state index in [0.29, 0.717) is 6.61 Å². The highest BCUT2D eigenvalue weighted by Crippen LogP contribution is 2.34. The van der Waals surface area contributed by atoms with Crippen molar-refractivity contribution in [1.29, 1.82) is 0 Å². The molecule has 1 fully saturated rings. The topological polar surface area (TPSA) is 38.5 Å². The maximum atomic E-state index is 6.30. The summed E-state index contributed by atoms with van der Waals surface area (Å²) in [5, 5.41) is 0. The van der Waals surface area contributed by atoms with Crippen molar-refractivity contribution in [3.8, 4) is 0 Å². The first-order valence-electron chi connectivity index (χ1n) is 6.14. The van der Waals surface area contributed by atoms with Gasteiger partial charge in [-0.15, -0.1) is 0 Å². The number of hydrogen-bond donors (Lipinski definition) is 1. The number of ether oxygens (including phenoxy) is 1. The smallest absolute Gasteiger partial charge is 0.0635 e. The molecule has 0 aromatic carbocycles. The van der Waals surface area contributed by atoms with Crippen molar-refractivity contribution in [3.05, 3.63) is 0 Å². The van der Waals surface area contributed by atoms with E-state index in [4.69, 9.17) is 10.5 Å². The van der Waals surface area contributed by atoms with Gasteiger partial charge in [0, 0.05) is 18.2 Å². The number of rotatable bonds is 5. The lowest BCUT2D eigenvalue weighted by Gasteiger charge is -2.47. The van der Waals surface area contributed by atoms with Crippen LogP contribution in [-0.4, -0.2) is 43.8 Å². The molecular weight excluding hydrogens is 188 g/mol. The zero-order valence-electron chi connectivity index (χ0n) is 10.5. The van der Waals surface area contributed by atoms with Gasteiger partial charge >= 0.3 is 0 Å². The second kappa shape index (κ2) is 5.83. The second-order valence-electron chi connectivity index (χ2n) is 4.82. The Morgan fingerprint density at radius 2 is 1.87 bits per heavy atom. The lowest BCUT2D eigenvalue weighted by Crippen LogP contribution is -2.60. The highest BCUT2D eigenvalue weighted by atomic mass is 16.5. The van der Waals surface area contributed by atoms with Crippen LogP contribution in [0.3, 0.4) is 0 Å². The summed E-state index contributed by atoms with van der Waals surface area (Å²) in [6.45, 7) is 3.47. The molecule has 0 bridgehead atoms. The lowest BCUT2D eigenvalue weighted by atomic mass is 9.76. The molecule has 0 heterocycles. The van der Waals surface area contributed by atoms with E-state index in [1.165, 1.54) is 32.1 Å². The Hall–Kier alpha value is -0.120. The van der Waals surface area contributed by atoms with E-state index in [1.807, 2.05) is 6.92 Å². The molecule has 1 aliphatic rings. The number of likely N-dealkylation sites (N-methyl/N-ethyl adjacent to an activating group) is 1. The number of nitrogens with zero attached hydrogens (tertiary/aromatic N) is 1. The maximum Gasteiger partial charge on any atom is 0.0635 e. The fourth-order valence-corrected chi connectivity index (χ4v) is 2.71. The molecule has 1 unspecified atom stereocenters. The van der Waals surface area contributed by atoms with E-state index in [1.54, 1.807) is 0 Å². The molecule has 3 heteroatoms. The average molecular weight is 214 g/mol. The van der Waals surface area contributed by atoms with E-state index >= 15 is 0 Å². The molecule has 0 spiro atoms. The van der Waals surface area contributed by atoms with E-state index in [-0.39, 0.29) is 11.6 Å². The minimum Gasteiger partial charge on any atom is -0.380 e. The molecule has 1 aliphatic carbocycles. The van der Waals surface area contributed by atoms with Gasteiger partial charge in [0.05, 0.1) is 6.61 Å². The Bertz CT molecular complexity index is 176. The summed E-state index contributed by atoms with van der Waals surface area (Å²) in [4.78, 5) is 2.32. The Morgan fingerprint density at radius 3 is 2.33 bits per heavy atom. The normalized spacial score (nSPS) is 23.0. The highest BCUT2D eigenvalue weighted by molar-refractivity contribution is 4.99. The van der Waals surface area contributed by atoms with Crippen molar-refractivity contribution in [2.45, 2.75) is 50.6 Å². The SMILES string of the molecule is CCOCC(N)C1(N(C)C)CCCCC1. The quantitative estimate of drug-likeness (QED) is 0.755. The third-order valence-corrected chi connectivity index (χ3v) is 3.80. The molecule has 3 nitrogen and oxygen atoms in total. The fraction of sp³-hybridized carbons (Fsp3) is 1.00. The van der Waals surface area contributed by atoms with Gasteiger partial charge in [0.25, 0.3) is 0 Å². The summed E-state index contributed by atoms with van der Waals surface area (Å²) in [5.41, 5.74) is 6.48. The van der Waals surface area contributed by atoms with Crippen molar-refractivity contribution in [3.63, 3.8) is 0 Å². The monoisotopic (exact) mass is 214 g/mol. The first-order valence-corrected chi connectivity index (χ1v) is 6.14. The molecule has 0 saturated heterocycles. The standard InChI is InChI=1S/C12H26N2O/c1-4-15-10-11(13)12(14(2)3)8-6-5-7-9-12/h11H,4-10,13H2,1-3H3. The van der Waals surface area contributed by atoms with Crippen LogP contribution < -0.4 is 5.73 Å². The zero-order valence-corrected chi connectivity index (χ0v) is 10.5. The first kappa shape index (κ1) is 12.9. The van der Waals surface area contributed by atoms with Crippen LogP contribution in [0.2, 0.25) is 0 Å². The van der Waals surface area contributed by atoms with Crippen LogP contribution in [0.1, 0.15) is 39.0 Å². The van der Waals surface area contributed by atoms with E-state index < -0.39 is 0 Å². The van der Waals surface area contributed by atoms with Crippen LogP contribution in [0, 0.1) is 0 Å². The van der Waals surface area contributed by atoms with Gasteiger partial charge in [-0.05, 0) is 33.9 Å². The van der Waals surface area contributed by atoms with E-state index in [9.17, 15) is 0 Å². The van der Waals surface area contributed by atoms with Gasteiger partial charge in [-0.2, -0.15) is 0 Å². The zero-order chi connectivity index (χ0) is 11.3. The number of hydrogen-bond acceptors (Lipinski definition) is 3. The summed E-state index contributed by atoms with van der Waals surface area (Å²) in [7, 11) is 4.30. The summed E-state index contributed by atoms with van der Waals surface area (Å²) >= 11 is 0. The van der Waals surface area contributed by atoms with Gasteiger partial charge in [0.1, 0.15) is 0 Å². The van der Waals surface area contributed by atoms with Crippen LogP contribution in [-0.2, 0) is 4.74 Å². The average Bonchev–Trinajstić information content (AvgIpc) is 2.26. The van der Waals surface area contributed by atoms with Crippen LogP contribution in [0.15, 0.2) is 0 Å². The molecular formula is C12H26N2O. The minimum atomic E-state index is 0.146. The predicted molar refractivity (Wildman–Crippen MR) is 64.0 cm³/mol. The Labute approximate surface area is 94.0 Å². The summed E-state index contributed by atoms with van der Waals surface area (Å²) < 4.78 is 5.47. The maximum absolute atomic E-state index is 6.30. The summed E-state index contributed by atoms with van der Waals surface area (Å²) in [6, 6.07) is 0.146. The van der Waals surface area contributed by atoms with Gasteiger partial charge in [0.15, 0.2) is 0 Å². The van der Waals surface area contributed by atoms with E-state index in [0.717, 1.165) is 6.61 Å². The molecule has 1 atom stereocenters. The molecule has 15 heavy (non-hydrogen) atoms. The third kappa shape index (κ3) is 2.92. The molecule has 0 aromatic heterocycles. The van der Waals surface area contributed by atoms with Gasteiger partial charge < -0.3 is 15.4 Å². The van der Waals surface area contributed by atoms with Crippen molar-refractivity contribution >= 4 is 0 Å². The fourth-order valence-electron chi connectivity index (χ4n) is 2.71. The largest absolute Gasteiger partial charge is 0.380 e. The van der Waals surface area contributed by atoms with Crippen molar-refractivity contribution in [2.24, 2.45) is 5.73 Å². The summed E-state index contributed by atoms with van der Waals surface area (Å²) in [5.74, 6) is 0. The molecule has 0 amide bonds. The predicted octanol–water partition coefficient (Wildman–Crippen LogP) is 1.61. The van der Waals surface area contributed by atoms with Gasteiger partial charge in [-0.25, -0.2) is 0 Å². The van der Waals surface area contributed by atoms with Crippen molar-refractivity contribution in [2.75, 3.05) is 27.3 Å². The van der Waals surface area contributed by atoms with Crippen LogP contribution in [0.25, 0.3) is 0 Å². The molecule has 0 aromatic rings. The summed E-state index contributed by atoms with van der Waals surface area (Å²) in [6.07, 6.45) is 6.40. The van der Waals surface area contributed by atoms with Crippen molar-refractivity contribution < 1.29 is 4.74 Å². The molecule has 0 aliphatic heterocycles. The molecule has 1 saturated carbocycles. The molecule has 0 radical (unpaired) electrons. The molecule has 1 rings (SSSR count). The first-order chi connectivity index (χ1) is 7.13. The van der Waals surface area contributed by atoms with Crippen LogP contribution >= 0.6 is 0 Å².